The van der Waals surface area contributed by atoms with Crippen LogP contribution in [0.1, 0.15) is 19.8 Å². The molecule has 23 heavy (non-hydrogen) atoms. The molecule has 0 N–H and O–H groups in total. The molecule has 0 spiro atoms. The van der Waals surface area contributed by atoms with E-state index in [1.165, 1.54) is 12.8 Å². The van der Waals surface area contributed by atoms with Gasteiger partial charge in [0.2, 0.25) is 5.91 Å². The summed E-state index contributed by atoms with van der Waals surface area (Å²) in [6, 6.07) is 7.47. The topological polar surface area (TPSA) is 42.0 Å². The van der Waals surface area contributed by atoms with E-state index in [0.29, 0.717) is 19.7 Å². The first-order valence-corrected chi connectivity index (χ1v) is 8.31. The summed E-state index contributed by atoms with van der Waals surface area (Å²) in [7, 11) is 3.48. The fourth-order valence-electron chi connectivity index (χ4n) is 2.63. The second-order valence-electron chi connectivity index (χ2n) is 6.30. The van der Waals surface area contributed by atoms with Crippen molar-refractivity contribution >= 4 is 5.91 Å². The molecule has 0 radical (unpaired) electrons. The van der Waals surface area contributed by atoms with Gasteiger partial charge in [-0.05, 0) is 56.1 Å². The van der Waals surface area contributed by atoms with Crippen LogP contribution in [0.2, 0.25) is 0 Å². The van der Waals surface area contributed by atoms with Crippen LogP contribution < -0.4 is 9.47 Å². The summed E-state index contributed by atoms with van der Waals surface area (Å²) in [5.41, 5.74) is 0. The minimum atomic E-state index is 0.165. The average Bonchev–Trinajstić information content (AvgIpc) is 2.57. The van der Waals surface area contributed by atoms with Gasteiger partial charge >= 0.3 is 0 Å². The van der Waals surface area contributed by atoms with Crippen LogP contribution in [0.15, 0.2) is 24.3 Å². The second kappa shape index (κ2) is 8.77. The van der Waals surface area contributed by atoms with Crippen molar-refractivity contribution in [1.29, 1.82) is 0 Å². The number of benzene rings is 1. The maximum Gasteiger partial charge on any atom is 0.236 e. The van der Waals surface area contributed by atoms with E-state index in [4.69, 9.17) is 9.47 Å². The van der Waals surface area contributed by atoms with Crippen molar-refractivity contribution < 1.29 is 14.3 Å². The number of ether oxygens (including phenoxy) is 2. The molecule has 1 aromatic rings. The SMILES string of the molecule is COc1ccc(OCCN(C)C(=O)CN2CCC(C)CC2)cc1. The molecule has 1 amide bonds. The van der Waals surface area contributed by atoms with E-state index in [-0.39, 0.29) is 5.91 Å². The second-order valence-corrected chi connectivity index (χ2v) is 6.30. The van der Waals surface area contributed by atoms with E-state index in [1.807, 2.05) is 31.3 Å². The number of piperidine rings is 1. The van der Waals surface area contributed by atoms with Crippen LogP contribution in [0, 0.1) is 5.92 Å². The summed E-state index contributed by atoms with van der Waals surface area (Å²) >= 11 is 0. The Kier molecular flexibility index (Phi) is 6.71. The number of rotatable bonds is 7. The van der Waals surface area contributed by atoms with Gasteiger partial charge in [-0.15, -0.1) is 0 Å². The normalized spacial score (nSPS) is 16.1. The Balaban J connectivity index is 1.67. The fraction of sp³-hybridized carbons (Fsp3) is 0.611. The maximum absolute atomic E-state index is 12.2. The monoisotopic (exact) mass is 320 g/mol. The van der Waals surface area contributed by atoms with Crippen molar-refractivity contribution in [1.82, 2.24) is 9.80 Å². The molecule has 0 aromatic heterocycles. The molecule has 0 saturated carbocycles. The Labute approximate surface area is 139 Å². The van der Waals surface area contributed by atoms with Crippen LogP contribution in [0.3, 0.4) is 0 Å². The predicted octanol–water partition coefficient (Wildman–Crippen LogP) is 2.26. The number of likely N-dealkylation sites (N-methyl/N-ethyl adjacent to an activating group) is 1. The van der Waals surface area contributed by atoms with Crippen LogP contribution in [0.5, 0.6) is 11.5 Å². The molecule has 0 unspecified atom stereocenters. The third-order valence-electron chi connectivity index (χ3n) is 4.42. The largest absolute Gasteiger partial charge is 0.497 e. The molecule has 5 heteroatoms. The van der Waals surface area contributed by atoms with Crippen LogP contribution in [0.4, 0.5) is 0 Å². The summed E-state index contributed by atoms with van der Waals surface area (Å²) in [5.74, 6) is 2.55. The van der Waals surface area contributed by atoms with Crippen molar-refractivity contribution in [3.63, 3.8) is 0 Å². The quantitative estimate of drug-likeness (QED) is 0.773. The van der Waals surface area contributed by atoms with Gasteiger partial charge in [0.25, 0.3) is 0 Å². The summed E-state index contributed by atoms with van der Waals surface area (Å²) in [6.07, 6.45) is 2.38. The first-order valence-electron chi connectivity index (χ1n) is 8.31. The van der Waals surface area contributed by atoms with Crippen molar-refractivity contribution in [3.05, 3.63) is 24.3 Å². The highest BCUT2D eigenvalue weighted by Crippen LogP contribution is 2.17. The predicted molar refractivity (Wildman–Crippen MR) is 91.0 cm³/mol. The fourth-order valence-corrected chi connectivity index (χ4v) is 2.63. The van der Waals surface area contributed by atoms with Crippen molar-refractivity contribution in [2.24, 2.45) is 5.92 Å². The van der Waals surface area contributed by atoms with Crippen LogP contribution in [0.25, 0.3) is 0 Å². The molecule has 1 aromatic carbocycles. The van der Waals surface area contributed by atoms with Crippen LogP contribution >= 0.6 is 0 Å². The Morgan fingerprint density at radius 1 is 1.22 bits per heavy atom. The highest BCUT2D eigenvalue weighted by molar-refractivity contribution is 5.78. The van der Waals surface area contributed by atoms with Gasteiger partial charge in [-0.2, -0.15) is 0 Å². The number of methoxy groups -OCH3 is 1. The Bertz CT molecular complexity index is 482. The lowest BCUT2D eigenvalue weighted by Crippen LogP contribution is -2.42. The third-order valence-corrected chi connectivity index (χ3v) is 4.42. The molecule has 1 saturated heterocycles. The van der Waals surface area contributed by atoms with Crippen LogP contribution in [-0.4, -0.2) is 62.7 Å². The Hall–Kier alpha value is -1.75. The Morgan fingerprint density at radius 3 is 2.43 bits per heavy atom. The van der Waals surface area contributed by atoms with Gasteiger partial charge < -0.3 is 14.4 Å². The highest BCUT2D eigenvalue weighted by atomic mass is 16.5. The molecule has 0 atom stereocenters. The molecular formula is C18H28N2O3. The lowest BCUT2D eigenvalue weighted by atomic mass is 9.99. The van der Waals surface area contributed by atoms with Gasteiger partial charge in [0, 0.05) is 7.05 Å². The summed E-state index contributed by atoms with van der Waals surface area (Å²) in [4.78, 5) is 16.2. The average molecular weight is 320 g/mol. The molecule has 1 fully saturated rings. The van der Waals surface area contributed by atoms with E-state index in [2.05, 4.69) is 11.8 Å². The third kappa shape index (κ3) is 5.75. The first kappa shape index (κ1) is 17.6. The molecule has 2 rings (SSSR count). The molecule has 1 heterocycles. The van der Waals surface area contributed by atoms with E-state index >= 15 is 0 Å². The van der Waals surface area contributed by atoms with Crippen molar-refractivity contribution in [2.45, 2.75) is 19.8 Å². The lowest BCUT2D eigenvalue weighted by molar-refractivity contribution is -0.131. The molecule has 0 aliphatic carbocycles. The van der Waals surface area contributed by atoms with Gasteiger partial charge in [0.05, 0.1) is 20.2 Å². The molecule has 128 valence electrons. The smallest absolute Gasteiger partial charge is 0.236 e. The maximum atomic E-state index is 12.2. The van der Waals surface area contributed by atoms with Crippen LogP contribution in [-0.2, 0) is 4.79 Å². The first-order chi connectivity index (χ1) is 11.1. The van der Waals surface area contributed by atoms with E-state index in [0.717, 1.165) is 30.5 Å². The zero-order valence-electron chi connectivity index (χ0n) is 14.5. The van der Waals surface area contributed by atoms with Gasteiger partial charge in [-0.3, -0.25) is 9.69 Å². The minimum absolute atomic E-state index is 0.165. The molecule has 0 bridgehead atoms. The number of carbonyl (C=O) groups excluding carboxylic acids is 1. The molecular weight excluding hydrogens is 292 g/mol. The standard InChI is InChI=1S/C18H28N2O3/c1-15-8-10-20(11-9-15)14-18(21)19(2)12-13-23-17-6-4-16(22-3)5-7-17/h4-7,15H,8-14H2,1-3H3. The lowest BCUT2D eigenvalue weighted by Gasteiger charge is -2.30. The zero-order chi connectivity index (χ0) is 16.7. The van der Waals surface area contributed by atoms with E-state index in [9.17, 15) is 4.79 Å². The highest BCUT2D eigenvalue weighted by Gasteiger charge is 2.19. The van der Waals surface area contributed by atoms with Crippen molar-refractivity contribution in [2.75, 3.05) is 46.9 Å². The van der Waals surface area contributed by atoms with Crippen molar-refractivity contribution in [3.8, 4) is 11.5 Å². The van der Waals surface area contributed by atoms with Gasteiger partial charge in [-0.1, -0.05) is 6.92 Å². The number of amides is 1. The summed E-state index contributed by atoms with van der Waals surface area (Å²) in [6.45, 7) is 5.94. The Morgan fingerprint density at radius 2 is 1.83 bits per heavy atom. The number of carbonyl (C=O) groups is 1. The number of nitrogens with zero attached hydrogens (tertiary/aromatic N) is 2. The summed E-state index contributed by atoms with van der Waals surface area (Å²) < 4.78 is 10.8. The zero-order valence-corrected chi connectivity index (χ0v) is 14.5. The van der Waals surface area contributed by atoms with Gasteiger partial charge in [0.1, 0.15) is 18.1 Å². The molecule has 5 nitrogen and oxygen atoms in total. The van der Waals surface area contributed by atoms with E-state index < -0.39 is 0 Å². The molecule has 1 aliphatic rings. The molecule has 1 aliphatic heterocycles. The number of likely N-dealkylation sites (tertiary alicyclic amines) is 1. The number of hydrogen-bond donors (Lipinski definition) is 0. The van der Waals surface area contributed by atoms with Gasteiger partial charge in [-0.25, -0.2) is 0 Å². The van der Waals surface area contributed by atoms with E-state index in [1.54, 1.807) is 12.0 Å². The number of hydrogen-bond acceptors (Lipinski definition) is 4. The summed E-state index contributed by atoms with van der Waals surface area (Å²) in [5, 5.41) is 0. The minimum Gasteiger partial charge on any atom is -0.497 e. The van der Waals surface area contributed by atoms with Gasteiger partial charge in [0.15, 0.2) is 0 Å².